The average Bonchev–Trinajstić information content (AvgIpc) is 2.43. The van der Waals surface area contributed by atoms with Crippen molar-refractivity contribution in [2.45, 2.75) is 33.6 Å². The summed E-state index contributed by atoms with van der Waals surface area (Å²) >= 11 is 0. The summed E-state index contributed by atoms with van der Waals surface area (Å²) in [7, 11) is 1.65. The lowest BCUT2D eigenvalue weighted by Crippen LogP contribution is -2.25. The first-order chi connectivity index (χ1) is 9.89. The smallest absolute Gasteiger partial charge is 0.168 e. The lowest BCUT2D eigenvalue weighted by molar-refractivity contribution is 0.157. The van der Waals surface area contributed by atoms with Crippen LogP contribution in [0.2, 0.25) is 0 Å². The summed E-state index contributed by atoms with van der Waals surface area (Å²) in [6.07, 6.45) is 1.67. The summed E-state index contributed by atoms with van der Waals surface area (Å²) < 4.78 is 32.4. The molecule has 1 rings (SSSR count). The third-order valence-corrected chi connectivity index (χ3v) is 3.19. The lowest BCUT2D eigenvalue weighted by Gasteiger charge is -2.25. The van der Waals surface area contributed by atoms with E-state index >= 15 is 0 Å². The first-order valence-corrected chi connectivity index (χ1v) is 7.22. The van der Waals surface area contributed by atoms with Gasteiger partial charge in [-0.25, -0.2) is 13.8 Å². The molecule has 0 atom stereocenters. The molecule has 4 nitrogen and oxygen atoms in total. The van der Waals surface area contributed by atoms with E-state index in [9.17, 15) is 8.78 Å². The fraction of sp³-hybridized carbons (Fsp3) is 0.667. The van der Waals surface area contributed by atoms with Crippen LogP contribution in [-0.4, -0.2) is 31.8 Å². The van der Waals surface area contributed by atoms with Crippen LogP contribution >= 0.6 is 0 Å². The van der Waals surface area contributed by atoms with Crippen molar-refractivity contribution in [1.29, 1.82) is 0 Å². The quantitative estimate of drug-likeness (QED) is 0.731. The first-order valence-electron chi connectivity index (χ1n) is 7.22. The normalized spacial score (nSPS) is 11.5. The molecule has 0 spiro atoms. The van der Waals surface area contributed by atoms with Gasteiger partial charge in [-0.1, -0.05) is 20.8 Å². The monoisotopic (exact) mass is 301 g/mol. The molecule has 0 amide bonds. The van der Waals surface area contributed by atoms with Gasteiger partial charge in [0.15, 0.2) is 23.3 Å². The van der Waals surface area contributed by atoms with Gasteiger partial charge in [0.25, 0.3) is 0 Å². The van der Waals surface area contributed by atoms with E-state index in [0.717, 1.165) is 18.9 Å². The summed E-state index contributed by atoms with van der Waals surface area (Å²) in [5, 5.41) is 5.81. The molecule has 0 aliphatic rings. The minimum Gasteiger partial charge on any atom is -0.385 e. The summed E-state index contributed by atoms with van der Waals surface area (Å²) in [5.41, 5.74) is -0.0739. The molecule has 0 bridgehead atoms. The Labute approximate surface area is 125 Å². The molecule has 6 heteroatoms. The minimum atomic E-state index is -0.683. The highest BCUT2D eigenvalue weighted by Gasteiger charge is 2.19. The molecule has 1 aromatic rings. The third kappa shape index (κ3) is 5.83. The Bertz CT molecular complexity index is 453. The second kappa shape index (κ2) is 8.12. The van der Waals surface area contributed by atoms with E-state index in [1.54, 1.807) is 7.11 Å². The summed E-state index contributed by atoms with van der Waals surface area (Å²) in [6.45, 7) is 7.82. The van der Waals surface area contributed by atoms with Gasteiger partial charge in [0, 0.05) is 32.9 Å². The van der Waals surface area contributed by atoms with Crippen molar-refractivity contribution in [3.05, 3.63) is 17.7 Å². The predicted octanol–water partition coefficient (Wildman–Crippen LogP) is 3.66. The number of aromatic nitrogens is 1. The maximum absolute atomic E-state index is 13.8. The van der Waals surface area contributed by atoms with Gasteiger partial charge in [-0.15, -0.1) is 0 Å². The van der Waals surface area contributed by atoms with Gasteiger partial charge in [0.2, 0.25) is 0 Å². The number of hydrogen-bond acceptors (Lipinski definition) is 4. The molecule has 0 saturated carbocycles. The van der Waals surface area contributed by atoms with Crippen molar-refractivity contribution in [2.24, 2.45) is 5.41 Å². The molecule has 0 radical (unpaired) electrons. The second-order valence-corrected chi connectivity index (χ2v) is 5.84. The maximum atomic E-state index is 13.8. The molecule has 21 heavy (non-hydrogen) atoms. The molecule has 0 unspecified atom stereocenters. The minimum absolute atomic E-state index is 0.0699. The van der Waals surface area contributed by atoms with E-state index in [-0.39, 0.29) is 17.1 Å². The van der Waals surface area contributed by atoms with Gasteiger partial charge in [0.05, 0.1) is 0 Å². The van der Waals surface area contributed by atoms with Crippen LogP contribution in [0.4, 0.5) is 20.4 Å². The van der Waals surface area contributed by atoms with E-state index in [1.807, 2.05) is 6.92 Å². The number of rotatable bonds is 9. The zero-order valence-corrected chi connectivity index (χ0v) is 13.2. The summed E-state index contributed by atoms with van der Waals surface area (Å²) in [6, 6.07) is 0.857. The van der Waals surface area contributed by atoms with Crippen molar-refractivity contribution >= 4 is 11.6 Å². The zero-order chi connectivity index (χ0) is 15.9. The molecule has 120 valence electrons. The van der Waals surface area contributed by atoms with Crippen LogP contribution in [-0.2, 0) is 4.74 Å². The molecule has 0 aliphatic carbocycles. The molecule has 0 saturated heterocycles. The number of methoxy groups -OCH3 is 1. The Morgan fingerprint density at radius 3 is 2.38 bits per heavy atom. The highest BCUT2D eigenvalue weighted by atomic mass is 19.1. The van der Waals surface area contributed by atoms with E-state index in [4.69, 9.17) is 4.74 Å². The van der Waals surface area contributed by atoms with Crippen LogP contribution < -0.4 is 10.6 Å². The number of hydrogen-bond donors (Lipinski definition) is 2. The Hall–Kier alpha value is -1.43. The fourth-order valence-corrected chi connectivity index (χ4v) is 1.75. The van der Waals surface area contributed by atoms with Gasteiger partial charge in [-0.2, -0.15) is 0 Å². The van der Waals surface area contributed by atoms with Gasteiger partial charge >= 0.3 is 0 Å². The maximum Gasteiger partial charge on any atom is 0.168 e. The van der Waals surface area contributed by atoms with Crippen molar-refractivity contribution in [3.63, 3.8) is 0 Å². The van der Waals surface area contributed by atoms with Crippen LogP contribution in [0.25, 0.3) is 0 Å². The van der Waals surface area contributed by atoms with E-state index in [1.165, 1.54) is 0 Å². The molecular weight excluding hydrogens is 276 g/mol. The van der Waals surface area contributed by atoms with Crippen molar-refractivity contribution in [2.75, 3.05) is 37.4 Å². The topological polar surface area (TPSA) is 46.2 Å². The Kier molecular flexibility index (Phi) is 6.81. The molecule has 0 fully saturated rings. The first kappa shape index (κ1) is 17.6. The number of anilines is 2. The number of halogens is 2. The highest BCUT2D eigenvalue weighted by Crippen LogP contribution is 2.23. The predicted molar refractivity (Wildman–Crippen MR) is 81.7 cm³/mol. The Balaban J connectivity index is 2.73. The van der Waals surface area contributed by atoms with E-state index in [2.05, 4.69) is 29.5 Å². The number of nitrogens with one attached hydrogen (secondary N) is 2. The van der Waals surface area contributed by atoms with Gasteiger partial charge < -0.3 is 15.4 Å². The van der Waals surface area contributed by atoms with Crippen molar-refractivity contribution < 1.29 is 13.5 Å². The Morgan fingerprint density at radius 2 is 1.81 bits per heavy atom. The van der Waals surface area contributed by atoms with E-state index < -0.39 is 11.6 Å². The van der Waals surface area contributed by atoms with Crippen LogP contribution in [0, 0.1) is 17.0 Å². The number of ether oxygens (including phenoxy) is 1. The van der Waals surface area contributed by atoms with Gasteiger partial charge in [0.1, 0.15) is 0 Å². The van der Waals surface area contributed by atoms with Crippen LogP contribution in [0.5, 0.6) is 0 Å². The van der Waals surface area contributed by atoms with Crippen molar-refractivity contribution in [3.8, 4) is 0 Å². The highest BCUT2D eigenvalue weighted by molar-refractivity contribution is 5.47. The van der Waals surface area contributed by atoms with Gasteiger partial charge in [-0.3, -0.25) is 0 Å². The molecular formula is C15H25F2N3O. The Morgan fingerprint density at radius 1 is 1.19 bits per heavy atom. The van der Waals surface area contributed by atoms with Crippen molar-refractivity contribution in [1.82, 2.24) is 4.98 Å². The average molecular weight is 301 g/mol. The third-order valence-electron chi connectivity index (χ3n) is 3.19. The van der Waals surface area contributed by atoms with Gasteiger partial charge in [-0.05, 0) is 18.3 Å². The standard InChI is InChI=1S/C15H25F2N3O/c1-5-7-18-13-11(16)9-12(17)14(20-13)19-10-15(2,3)6-8-21-4/h9H,5-8,10H2,1-4H3,(H2,18,19,20). The lowest BCUT2D eigenvalue weighted by atomic mass is 9.90. The molecule has 0 aromatic carbocycles. The molecule has 2 N–H and O–H groups in total. The molecule has 1 heterocycles. The zero-order valence-electron chi connectivity index (χ0n) is 13.2. The van der Waals surface area contributed by atoms with Crippen LogP contribution in [0.1, 0.15) is 33.6 Å². The fourth-order valence-electron chi connectivity index (χ4n) is 1.75. The number of pyridine rings is 1. The number of nitrogens with zero attached hydrogens (tertiary/aromatic N) is 1. The largest absolute Gasteiger partial charge is 0.385 e. The molecule has 0 aliphatic heterocycles. The SMILES string of the molecule is CCCNc1nc(NCC(C)(C)CCOC)c(F)cc1F. The molecule has 1 aromatic heterocycles. The summed E-state index contributed by atoms with van der Waals surface area (Å²) in [5.74, 6) is -1.21. The summed E-state index contributed by atoms with van der Waals surface area (Å²) in [4.78, 5) is 3.99. The van der Waals surface area contributed by atoms with Crippen LogP contribution in [0.15, 0.2) is 6.07 Å². The second-order valence-electron chi connectivity index (χ2n) is 5.84. The van der Waals surface area contributed by atoms with Crippen LogP contribution in [0.3, 0.4) is 0 Å². The van der Waals surface area contributed by atoms with E-state index in [0.29, 0.717) is 19.7 Å².